The topological polar surface area (TPSA) is 49.4 Å². The summed E-state index contributed by atoms with van der Waals surface area (Å²) in [6, 6.07) is 13.5. The van der Waals surface area contributed by atoms with Crippen LogP contribution in [-0.2, 0) is 16.1 Å². The Morgan fingerprint density at radius 2 is 1.69 bits per heavy atom. The van der Waals surface area contributed by atoms with Gasteiger partial charge in [0.1, 0.15) is 11.9 Å². The molecular formula is C22H23Cl3N2O2. The van der Waals surface area contributed by atoms with Crippen molar-refractivity contribution in [1.29, 1.82) is 0 Å². The van der Waals surface area contributed by atoms with Gasteiger partial charge in [0.2, 0.25) is 11.8 Å². The van der Waals surface area contributed by atoms with Crippen LogP contribution in [0.25, 0.3) is 0 Å². The molecule has 2 aromatic carbocycles. The van der Waals surface area contributed by atoms with Crippen LogP contribution in [0.15, 0.2) is 48.5 Å². The van der Waals surface area contributed by atoms with Crippen molar-refractivity contribution in [2.75, 3.05) is 5.88 Å². The highest BCUT2D eigenvalue weighted by molar-refractivity contribution is 6.31. The molecule has 2 amide bonds. The number of carbonyl (C=O) groups excluding carboxylic acids is 2. The van der Waals surface area contributed by atoms with Crippen molar-refractivity contribution in [2.45, 2.75) is 44.3 Å². The molecule has 0 unspecified atom stereocenters. The quantitative estimate of drug-likeness (QED) is 0.574. The summed E-state index contributed by atoms with van der Waals surface area (Å²) in [5, 5.41) is 4.20. The first kappa shape index (κ1) is 21.9. The zero-order chi connectivity index (χ0) is 20.8. The van der Waals surface area contributed by atoms with Gasteiger partial charge >= 0.3 is 0 Å². The molecule has 1 fully saturated rings. The number of nitrogens with one attached hydrogen (secondary N) is 1. The van der Waals surface area contributed by atoms with Gasteiger partial charge in [0.05, 0.1) is 0 Å². The van der Waals surface area contributed by atoms with Gasteiger partial charge in [-0.3, -0.25) is 9.59 Å². The van der Waals surface area contributed by atoms with Gasteiger partial charge in [-0.05, 0) is 42.2 Å². The number of rotatable bonds is 7. The molecule has 4 nitrogen and oxygen atoms in total. The highest BCUT2D eigenvalue weighted by atomic mass is 35.5. The zero-order valence-corrected chi connectivity index (χ0v) is 18.2. The van der Waals surface area contributed by atoms with E-state index < -0.39 is 6.04 Å². The van der Waals surface area contributed by atoms with E-state index in [2.05, 4.69) is 5.32 Å². The number of carbonyl (C=O) groups is 2. The Morgan fingerprint density at radius 1 is 1.03 bits per heavy atom. The average Bonchev–Trinajstić information content (AvgIpc) is 3.22. The SMILES string of the molecule is O=C(NC1CCCC1)[C@H](c1ccc(Cl)cc1)N(Cc1ccccc1Cl)C(=O)CCl. The first-order valence-electron chi connectivity index (χ1n) is 9.64. The summed E-state index contributed by atoms with van der Waals surface area (Å²) < 4.78 is 0. The predicted octanol–water partition coefficient (Wildman–Crippen LogP) is 5.36. The van der Waals surface area contributed by atoms with Gasteiger partial charge in [-0.25, -0.2) is 0 Å². The molecule has 0 bridgehead atoms. The second-order valence-corrected chi connectivity index (χ2v) is 8.30. The number of nitrogens with zero attached hydrogens (tertiary/aromatic N) is 1. The van der Waals surface area contributed by atoms with Gasteiger partial charge in [-0.1, -0.05) is 66.4 Å². The van der Waals surface area contributed by atoms with Crippen LogP contribution in [0, 0.1) is 0 Å². The van der Waals surface area contributed by atoms with Crippen LogP contribution in [-0.4, -0.2) is 28.6 Å². The van der Waals surface area contributed by atoms with E-state index in [1.54, 1.807) is 30.3 Å². The number of hydrogen-bond donors (Lipinski definition) is 1. The third-order valence-electron chi connectivity index (χ3n) is 5.18. The van der Waals surface area contributed by atoms with Crippen molar-refractivity contribution < 1.29 is 9.59 Å². The van der Waals surface area contributed by atoms with E-state index in [0.717, 1.165) is 31.2 Å². The second-order valence-electron chi connectivity index (χ2n) is 7.19. The van der Waals surface area contributed by atoms with Crippen LogP contribution in [0.1, 0.15) is 42.9 Å². The molecule has 0 aromatic heterocycles. The summed E-state index contributed by atoms with van der Waals surface area (Å²) in [6.07, 6.45) is 4.10. The fourth-order valence-electron chi connectivity index (χ4n) is 3.68. The molecule has 154 valence electrons. The fraction of sp³-hybridized carbons (Fsp3) is 0.364. The maximum absolute atomic E-state index is 13.3. The molecule has 29 heavy (non-hydrogen) atoms. The Morgan fingerprint density at radius 3 is 2.31 bits per heavy atom. The molecule has 0 heterocycles. The third kappa shape index (κ3) is 5.65. The van der Waals surface area contributed by atoms with Gasteiger partial charge in [0.15, 0.2) is 0 Å². The van der Waals surface area contributed by atoms with Gasteiger partial charge in [0.25, 0.3) is 0 Å². The molecule has 0 saturated heterocycles. The predicted molar refractivity (Wildman–Crippen MR) is 117 cm³/mol. The van der Waals surface area contributed by atoms with Crippen molar-refractivity contribution in [3.8, 4) is 0 Å². The van der Waals surface area contributed by atoms with E-state index in [1.165, 1.54) is 4.90 Å². The number of alkyl halides is 1. The molecule has 1 aliphatic carbocycles. The Balaban J connectivity index is 1.96. The van der Waals surface area contributed by atoms with Gasteiger partial charge in [-0.2, -0.15) is 0 Å². The lowest BCUT2D eigenvalue weighted by atomic mass is 10.0. The molecule has 1 atom stereocenters. The summed E-state index contributed by atoms with van der Waals surface area (Å²) in [7, 11) is 0. The normalized spacial score (nSPS) is 15.1. The lowest BCUT2D eigenvalue weighted by Crippen LogP contribution is -2.46. The smallest absolute Gasteiger partial charge is 0.247 e. The minimum Gasteiger partial charge on any atom is -0.351 e. The minimum atomic E-state index is -0.824. The van der Waals surface area contributed by atoms with Crippen molar-refractivity contribution in [1.82, 2.24) is 10.2 Å². The Kier molecular flexibility index (Phi) is 7.82. The third-order valence-corrected chi connectivity index (χ3v) is 6.03. The first-order valence-corrected chi connectivity index (χ1v) is 10.9. The molecule has 1 saturated carbocycles. The second kappa shape index (κ2) is 10.3. The monoisotopic (exact) mass is 452 g/mol. The largest absolute Gasteiger partial charge is 0.351 e. The van der Waals surface area contributed by atoms with Gasteiger partial charge in [0, 0.05) is 22.6 Å². The highest BCUT2D eigenvalue weighted by Crippen LogP contribution is 2.28. The van der Waals surface area contributed by atoms with Crippen LogP contribution >= 0.6 is 34.8 Å². The van der Waals surface area contributed by atoms with Gasteiger partial charge in [-0.15, -0.1) is 11.6 Å². The maximum Gasteiger partial charge on any atom is 0.247 e. The zero-order valence-electron chi connectivity index (χ0n) is 15.9. The summed E-state index contributed by atoms with van der Waals surface area (Å²) >= 11 is 18.3. The van der Waals surface area contributed by atoms with Crippen LogP contribution in [0.4, 0.5) is 0 Å². The van der Waals surface area contributed by atoms with E-state index in [9.17, 15) is 9.59 Å². The minimum absolute atomic E-state index is 0.130. The van der Waals surface area contributed by atoms with E-state index in [1.807, 2.05) is 18.2 Å². The fourth-order valence-corrected chi connectivity index (χ4v) is 4.15. The van der Waals surface area contributed by atoms with E-state index in [4.69, 9.17) is 34.8 Å². The summed E-state index contributed by atoms with van der Waals surface area (Å²) in [6.45, 7) is 0.177. The number of halogens is 3. The molecular weight excluding hydrogens is 431 g/mol. The molecule has 0 aliphatic heterocycles. The summed E-state index contributed by atoms with van der Waals surface area (Å²) in [5.74, 6) is -0.788. The van der Waals surface area contributed by atoms with Crippen LogP contribution in [0.5, 0.6) is 0 Å². The maximum atomic E-state index is 13.3. The average molecular weight is 454 g/mol. The lowest BCUT2D eigenvalue weighted by molar-refractivity contribution is -0.140. The standard InChI is InChI=1S/C22H23Cl3N2O2/c23-13-20(28)27(14-16-5-1-4-8-19(16)25)21(15-9-11-17(24)12-10-15)22(29)26-18-6-2-3-7-18/h1,4-5,8-12,18,21H,2-3,6-7,13-14H2,(H,26,29)/t21-/m0/s1. The Hall–Kier alpha value is -1.75. The number of amides is 2. The molecule has 2 aromatic rings. The van der Waals surface area contributed by atoms with E-state index in [-0.39, 0.29) is 30.3 Å². The molecule has 1 N–H and O–H groups in total. The van der Waals surface area contributed by atoms with Crippen LogP contribution in [0.3, 0.4) is 0 Å². The van der Waals surface area contributed by atoms with Gasteiger partial charge < -0.3 is 10.2 Å². The summed E-state index contributed by atoms with van der Waals surface area (Å²) in [5.41, 5.74) is 1.43. The van der Waals surface area contributed by atoms with Crippen molar-refractivity contribution in [3.05, 3.63) is 69.7 Å². The molecule has 7 heteroatoms. The van der Waals surface area contributed by atoms with Crippen molar-refractivity contribution in [3.63, 3.8) is 0 Å². The van der Waals surface area contributed by atoms with Crippen LogP contribution in [0.2, 0.25) is 10.0 Å². The number of hydrogen-bond acceptors (Lipinski definition) is 2. The molecule has 3 rings (SSSR count). The summed E-state index contributed by atoms with van der Waals surface area (Å²) in [4.78, 5) is 27.6. The van der Waals surface area contributed by atoms with Crippen molar-refractivity contribution >= 4 is 46.6 Å². The lowest BCUT2D eigenvalue weighted by Gasteiger charge is -2.32. The Bertz CT molecular complexity index is 851. The molecule has 0 spiro atoms. The number of benzene rings is 2. The first-order chi connectivity index (χ1) is 14.0. The van der Waals surface area contributed by atoms with E-state index >= 15 is 0 Å². The van der Waals surface area contributed by atoms with Crippen LogP contribution < -0.4 is 5.32 Å². The van der Waals surface area contributed by atoms with Crippen molar-refractivity contribution in [2.24, 2.45) is 0 Å². The Labute approximate surface area is 186 Å². The highest BCUT2D eigenvalue weighted by Gasteiger charge is 2.33. The molecule has 0 radical (unpaired) electrons. The van der Waals surface area contributed by atoms with E-state index in [0.29, 0.717) is 15.6 Å². The molecule has 1 aliphatic rings.